The van der Waals surface area contributed by atoms with Gasteiger partial charge in [0.1, 0.15) is 24.0 Å². The number of rotatable bonds is 7. The van der Waals surface area contributed by atoms with Gasteiger partial charge in [-0.2, -0.15) is 5.26 Å². The molecule has 0 fully saturated rings. The van der Waals surface area contributed by atoms with E-state index >= 15 is 0 Å². The van der Waals surface area contributed by atoms with Crippen LogP contribution in [0.2, 0.25) is 5.02 Å². The number of amides is 1. The standard InChI is InChI=1S/C23H16ClN3O4/c24-19-6-8-20(9-7-19)26-23(28)18(14-25)12-16-4-10-22(11-5-16)31-15-17-2-1-3-21(13-17)27(29)30/h1-13H,15H2,(H,26,28)/b18-12-. The molecule has 0 heterocycles. The molecule has 31 heavy (non-hydrogen) atoms. The average Bonchev–Trinajstić information content (AvgIpc) is 2.78. The number of benzene rings is 3. The van der Waals surface area contributed by atoms with Crippen molar-refractivity contribution in [1.82, 2.24) is 0 Å². The van der Waals surface area contributed by atoms with E-state index in [2.05, 4.69) is 5.32 Å². The summed E-state index contributed by atoms with van der Waals surface area (Å²) in [5.41, 5.74) is 1.79. The molecule has 0 radical (unpaired) electrons. The molecule has 0 unspecified atom stereocenters. The van der Waals surface area contributed by atoms with Crippen LogP contribution >= 0.6 is 11.6 Å². The Labute approximate surface area is 183 Å². The van der Waals surface area contributed by atoms with Crippen LogP contribution in [0.4, 0.5) is 11.4 Å². The van der Waals surface area contributed by atoms with Crippen LogP contribution in [0.25, 0.3) is 6.08 Å². The number of nitrogens with one attached hydrogen (secondary N) is 1. The first-order valence-electron chi connectivity index (χ1n) is 9.09. The van der Waals surface area contributed by atoms with E-state index in [4.69, 9.17) is 16.3 Å². The molecule has 1 amide bonds. The molecular weight excluding hydrogens is 418 g/mol. The average molecular weight is 434 g/mol. The van der Waals surface area contributed by atoms with Gasteiger partial charge >= 0.3 is 0 Å². The Bertz CT molecular complexity index is 1170. The maximum Gasteiger partial charge on any atom is 0.269 e. The quantitative estimate of drug-likeness (QED) is 0.233. The van der Waals surface area contributed by atoms with Crippen molar-refractivity contribution >= 4 is 35.0 Å². The summed E-state index contributed by atoms with van der Waals surface area (Å²) in [6, 6.07) is 21.5. The first-order chi connectivity index (χ1) is 14.9. The van der Waals surface area contributed by atoms with Crippen molar-refractivity contribution in [3.8, 4) is 11.8 Å². The second kappa shape index (κ2) is 10.1. The summed E-state index contributed by atoms with van der Waals surface area (Å²) >= 11 is 5.82. The third kappa shape index (κ3) is 6.16. The van der Waals surface area contributed by atoms with Gasteiger partial charge in [0.2, 0.25) is 0 Å². The Hall–Kier alpha value is -4.15. The minimum Gasteiger partial charge on any atom is -0.489 e. The number of non-ortho nitro benzene ring substituents is 1. The summed E-state index contributed by atoms with van der Waals surface area (Å²) in [6.07, 6.45) is 1.47. The van der Waals surface area contributed by atoms with Gasteiger partial charge in [-0.1, -0.05) is 35.9 Å². The number of carbonyl (C=O) groups excluding carboxylic acids is 1. The maximum atomic E-state index is 12.3. The van der Waals surface area contributed by atoms with Crippen molar-refractivity contribution in [1.29, 1.82) is 5.26 Å². The first-order valence-corrected chi connectivity index (χ1v) is 9.47. The summed E-state index contributed by atoms with van der Waals surface area (Å²) in [4.78, 5) is 22.7. The van der Waals surface area contributed by atoms with Crippen LogP contribution in [0.15, 0.2) is 78.4 Å². The summed E-state index contributed by atoms with van der Waals surface area (Å²) in [6.45, 7) is 0.170. The van der Waals surface area contributed by atoms with Gasteiger partial charge in [-0.25, -0.2) is 0 Å². The highest BCUT2D eigenvalue weighted by Gasteiger charge is 2.10. The minimum absolute atomic E-state index is 0.00231. The van der Waals surface area contributed by atoms with Crippen molar-refractivity contribution in [2.24, 2.45) is 0 Å². The molecule has 8 heteroatoms. The molecule has 0 aromatic heterocycles. The number of nitro benzene ring substituents is 1. The molecule has 154 valence electrons. The fraction of sp³-hybridized carbons (Fsp3) is 0.0435. The fourth-order valence-electron chi connectivity index (χ4n) is 2.63. The van der Waals surface area contributed by atoms with E-state index in [1.807, 2.05) is 6.07 Å². The number of nitriles is 1. The lowest BCUT2D eigenvalue weighted by atomic mass is 10.1. The van der Waals surface area contributed by atoms with E-state index in [-0.39, 0.29) is 17.9 Å². The van der Waals surface area contributed by atoms with Gasteiger partial charge in [-0.05, 0) is 53.6 Å². The van der Waals surface area contributed by atoms with Crippen molar-refractivity contribution in [2.75, 3.05) is 5.32 Å². The van der Waals surface area contributed by atoms with Crippen LogP contribution in [-0.2, 0) is 11.4 Å². The maximum absolute atomic E-state index is 12.3. The molecule has 0 atom stereocenters. The zero-order valence-electron chi connectivity index (χ0n) is 16.1. The van der Waals surface area contributed by atoms with Crippen LogP contribution in [-0.4, -0.2) is 10.8 Å². The number of hydrogen-bond acceptors (Lipinski definition) is 5. The molecule has 0 saturated heterocycles. The van der Waals surface area contributed by atoms with Gasteiger partial charge in [0.05, 0.1) is 4.92 Å². The van der Waals surface area contributed by atoms with E-state index < -0.39 is 10.8 Å². The number of anilines is 1. The fourth-order valence-corrected chi connectivity index (χ4v) is 2.76. The molecule has 3 aromatic carbocycles. The monoisotopic (exact) mass is 433 g/mol. The number of nitrogens with zero attached hydrogens (tertiary/aromatic N) is 2. The highest BCUT2D eigenvalue weighted by molar-refractivity contribution is 6.30. The summed E-state index contributed by atoms with van der Waals surface area (Å²) in [5, 5.41) is 23.4. The molecule has 3 rings (SSSR count). The molecule has 0 saturated carbocycles. The number of carbonyl (C=O) groups is 1. The van der Waals surface area contributed by atoms with Gasteiger partial charge in [0.25, 0.3) is 11.6 Å². The molecule has 0 aliphatic rings. The normalized spacial score (nSPS) is 10.8. The Morgan fingerprint density at radius 3 is 2.48 bits per heavy atom. The molecule has 0 bridgehead atoms. The van der Waals surface area contributed by atoms with Gasteiger partial charge in [-0.3, -0.25) is 14.9 Å². The summed E-state index contributed by atoms with van der Waals surface area (Å²) in [7, 11) is 0. The smallest absolute Gasteiger partial charge is 0.269 e. The zero-order chi connectivity index (χ0) is 22.2. The van der Waals surface area contributed by atoms with E-state index in [0.717, 1.165) is 0 Å². The van der Waals surface area contributed by atoms with E-state index in [1.54, 1.807) is 60.7 Å². The lowest BCUT2D eigenvalue weighted by Crippen LogP contribution is -2.13. The summed E-state index contributed by atoms with van der Waals surface area (Å²) < 4.78 is 5.65. The predicted octanol–water partition coefficient (Wildman–Crippen LogP) is 5.37. The molecule has 0 aliphatic heterocycles. The number of nitro groups is 1. The Kier molecular flexibility index (Phi) is 6.99. The van der Waals surface area contributed by atoms with Crippen LogP contribution < -0.4 is 10.1 Å². The van der Waals surface area contributed by atoms with Crippen LogP contribution in [0, 0.1) is 21.4 Å². The van der Waals surface area contributed by atoms with E-state index in [0.29, 0.717) is 27.6 Å². The number of hydrogen-bond donors (Lipinski definition) is 1. The summed E-state index contributed by atoms with van der Waals surface area (Å²) in [5.74, 6) is 0.0172. The molecule has 3 aromatic rings. The second-order valence-electron chi connectivity index (χ2n) is 6.42. The van der Waals surface area contributed by atoms with Gasteiger partial charge in [-0.15, -0.1) is 0 Å². The molecule has 7 nitrogen and oxygen atoms in total. The Morgan fingerprint density at radius 2 is 1.84 bits per heavy atom. The van der Waals surface area contributed by atoms with Gasteiger partial charge in [0.15, 0.2) is 0 Å². The van der Waals surface area contributed by atoms with Gasteiger partial charge < -0.3 is 10.1 Å². The molecule has 0 spiro atoms. The van der Waals surface area contributed by atoms with E-state index in [1.165, 1.54) is 18.2 Å². The highest BCUT2D eigenvalue weighted by atomic mass is 35.5. The Morgan fingerprint density at radius 1 is 1.13 bits per heavy atom. The van der Waals surface area contributed by atoms with Crippen LogP contribution in [0.5, 0.6) is 5.75 Å². The molecular formula is C23H16ClN3O4. The predicted molar refractivity (Wildman–Crippen MR) is 118 cm³/mol. The van der Waals surface area contributed by atoms with Crippen LogP contribution in [0.3, 0.4) is 0 Å². The molecule has 1 N–H and O–H groups in total. The number of halogens is 1. The zero-order valence-corrected chi connectivity index (χ0v) is 16.9. The topological polar surface area (TPSA) is 105 Å². The van der Waals surface area contributed by atoms with Crippen molar-refractivity contribution in [3.05, 3.63) is 105 Å². The van der Waals surface area contributed by atoms with Crippen molar-refractivity contribution in [3.63, 3.8) is 0 Å². The van der Waals surface area contributed by atoms with Crippen molar-refractivity contribution in [2.45, 2.75) is 6.61 Å². The van der Waals surface area contributed by atoms with Crippen molar-refractivity contribution < 1.29 is 14.5 Å². The third-order valence-corrected chi connectivity index (χ3v) is 4.44. The lowest BCUT2D eigenvalue weighted by molar-refractivity contribution is -0.384. The largest absolute Gasteiger partial charge is 0.489 e. The minimum atomic E-state index is -0.532. The Balaban J connectivity index is 1.64. The lowest BCUT2D eigenvalue weighted by Gasteiger charge is -2.07. The van der Waals surface area contributed by atoms with Crippen LogP contribution in [0.1, 0.15) is 11.1 Å². The first kappa shape index (κ1) is 21.6. The SMILES string of the molecule is N#C/C(=C/c1ccc(OCc2cccc([N+](=O)[O-])c2)cc1)C(=O)Nc1ccc(Cl)cc1. The molecule has 0 aliphatic carbocycles. The highest BCUT2D eigenvalue weighted by Crippen LogP contribution is 2.19. The van der Waals surface area contributed by atoms with Gasteiger partial charge in [0, 0.05) is 22.8 Å². The second-order valence-corrected chi connectivity index (χ2v) is 6.85. The number of ether oxygens (including phenoxy) is 1. The third-order valence-electron chi connectivity index (χ3n) is 4.19. The van der Waals surface area contributed by atoms with E-state index in [9.17, 15) is 20.2 Å².